The Morgan fingerprint density at radius 3 is 2.64 bits per heavy atom. The van der Waals surface area contributed by atoms with E-state index in [1.807, 2.05) is 0 Å². The molecule has 1 aromatic heterocycles. The number of ether oxygens (including phenoxy) is 1. The molecule has 25 heavy (non-hydrogen) atoms. The van der Waals surface area contributed by atoms with Gasteiger partial charge in [0.15, 0.2) is 12.4 Å². The lowest BCUT2D eigenvalue weighted by molar-refractivity contribution is -0.133. The van der Waals surface area contributed by atoms with E-state index in [-0.39, 0.29) is 18.3 Å². The Bertz CT molecular complexity index is 743. The third kappa shape index (κ3) is 4.32. The zero-order valence-electron chi connectivity index (χ0n) is 14.1. The van der Waals surface area contributed by atoms with Crippen LogP contribution in [0.3, 0.4) is 0 Å². The maximum Gasteiger partial charge on any atom is 0.260 e. The van der Waals surface area contributed by atoms with Gasteiger partial charge >= 0.3 is 0 Å². The van der Waals surface area contributed by atoms with Crippen molar-refractivity contribution < 1.29 is 14.3 Å². The highest BCUT2D eigenvalue weighted by atomic mass is 16.5. The molecule has 1 amide bonds. The number of benzene rings is 1. The van der Waals surface area contributed by atoms with Crippen LogP contribution in [0.2, 0.25) is 0 Å². The summed E-state index contributed by atoms with van der Waals surface area (Å²) in [7, 11) is 0. The van der Waals surface area contributed by atoms with E-state index < -0.39 is 0 Å². The molecule has 2 aromatic rings. The average molecular weight is 340 g/mol. The minimum absolute atomic E-state index is 0.0306. The SMILES string of the molecule is CC(=O)c1cccc(OCC(=O)N2CCN(c3cnccn3)CC2)c1. The van der Waals surface area contributed by atoms with Gasteiger partial charge in [-0.1, -0.05) is 12.1 Å². The van der Waals surface area contributed by atoms with Gasteiger partial charge in [0, 0.05) is 44.1 Å². The number of rotatable bonds is 5. The number of hydrogen-bond donors (Lipinski definition) is 0. The summed E-state index contributed by atoms with van der Waals surface area (Å²) in [5.41, 5.74) is 0.572. The lowest BCUT2D eigenvalue weighted by atomic mass is 10.1. The van der Waals surface area contributed by atoms with Crippen LogP contribution >= 0.6 is 0 Å². The van der Waals surface area contributed by atoms with Gasteiger partial charge in [-0.3, -0.25) is 14.6 Å². The van der Waals surface area contributed by atoms with Crippen molar-refractivity contribution in [2.75, 3.05) is 37.7 Å². The van der Waals surface area contributed by atoms with Crippen LogP contribution in [0.15, 0.2) is 42.9 Å². The largest absolute Gasteiger partial charge is 0.484 e. The molecule has 1 aliphatic heterocycles. The van der Waals surface area contributed by atoms with Gasteiger partial charge < -0.3 is 14.5 Å². The third-order valence-electron chi connectivity index (χ3n) is 4.11. The first-order chi connectivity index (χ1) is 12.1. The number of nitrogens with zero attached hydrogens (tertiary/aromatic N) is 4. The van der Waals surface area contributed by atoms with Crippen LogP contribution in [0.25, 0.3) is 0 Å². The zero-order chi connectivity index (χ0) is 17.6. The predicted octanol–water partition coefficient (Wildman–Crippen LogP) is 1.41. The first-order valence-corrected chi connectivity index (χ1v) is 8.16. The molecule has 1 aliphatic rings. The molecule has 130 valence electrons. The fourth-order valence-corrected chi connectivity index (χ4v) is 2.68. The summed E-state index contributed by atoms with van der Waals surface area (Å²) >= 11 is 0. The van der Waals surface area contributed by atoms with E-state index >= 15 is 0 Å². The molecular formula is C18H20N4O3. The van der Waals surface area contributed by atoms with Crippen molar-refractivity contribution in [2.24, 2.45) is 0 Å². The number of piperazine rings is 1. The van der Waals surface area contributed by atoms with E-state index in [4.69, 9.17) is 4.74 Å². The Balaban J connectivity index is 1.50. The van der Waals surface area contributed by atoms with Gasteiger partial charge in [-0.25, -0.2) is 4.98 Å². The molecule has 7 heteroatoms. The smallest absolute Gasteiger partial charge is 0.260 e. The molecule has 0 spiro atoms. The number of carbonyl (C=O) groups is 2. The van der Waals surface area contributed by atoms with Crippen molar-refractivity contribution in [3.05, 3.63) is 48.4 Å². The van der Waals surface area contributed by atoms with E-state index in [1.165, 1.54) is 6.92 Å². The molecule has 1 aromatic carbocycles. The first kappa shape index (κ1) is 16.9. The molecule has 2 heterocycles. The van der Waals surface area contributed by atoms with Crippen LogP contribution in [0.5, 0.6) is 5.75 Å². The van der Waals surface area contributed by atoms with Gasteiger partial charge in [0.05, 0.1) is 6.20 Å². The van der Waals surface area contributed by atoms with Crippen molar-refractivity contribution in [1.82, 2.24) is 14.9 Å². The monoisotopic (exact) mass is 340 g/mol. The molecule has 0 atom stereocenters. The van der Waals surface area contributed by atoms with Crippen molar-refractivity contribution in [3.8, 4) is 5.75 Å². The summed E-state index contributed by atoms with van der Waals surface area (Å²) in [5.74, 6) is 1.26. The quantitative estimate of drug-likeness (QED) is 0.766. The molecule has 0 bridgehead atoms. The number of aromatic nitrogens is 2. The summed E-state index contributed by atoms with van der Waals surface area (Å²) in [6.07, 6.45) is 5.03. The topological polar surface area (TPSA) is 75.6 Å². The molecule has 0 unspecified atom stereocenters. The Hall–Kier alpha value is -2.96. The van der Waals surface area contributed by atoms with E-state index in [1.54, 1.807) is 47.8 Å². The first-order valence-electron chi connectivity index (χ1n) is 8.16. The standard InChI is InChI=1S/C18H20N4O3/c1-14(23)15-3-2-4-16(11-15)25-13-18(24)22-9-7-21(8-10-22)17-12-19-5-6-20-17/h2-6,11-12H,7-10,13H2,1H3. The van der Waals surface area contributed by atoms with Gasteiger partial charge in [0.1, 0.15) is 11.6 Å². The number of Topliss-reactive ketones (excluding diaryl/α,β-unsaturated/α-hetero) is 1. The number of carbonyl (C=O) groups excluding carboxylic acids is 2. The maximum atomic E-state index is 12.3. The molecule has 1 fully saturated rings. The van der Waals surface area contributed by atoms with Crippen molar-refractivity contribution in [2.45, 2.75) is 6.92 Å². The molecule has 0 saturated carbocycles. The van der Waals surface area contributed by atoms with E-state index in [0.717, 1.165) is 5.82 Å². The van der Waals surface area contributed by atoms with Crippen LogP contribution in [-0.2, 0) is 4.79 Å². The third-order valence-corrected chi connectivity index (χ3v) is 4.11. The van der Waals surface area contributed by atoms with Crippen LogP contribution in [-0.4, -0.2) is 59.3 Å². The van der Waals surface area contributed by atoms with E-state index in [2.05, 4.69) is 14.9 Å². The maximum absolute atomic E-state index is 12.3. The van der Waals surface area contributed by atoms with Crippen molar-refractivity contribution in [1.29, 1.82) is 0 Å². The molecule has 3 rings (SSSR count). The second-order valence-electron chi connectivity index (χ2n) is 5.80. The van der Waals surface area contributed by atoms with Crippen molar-refractivity contribution >= 4 is 17.5 Å². The number of hydrogen-bond acceptors (Lipinski definition) is 6. The van der Waals surface area contributed by atoms with Gasteiger partial charge in [0.2, 0.25) is 0 Å². The Morgan fingerprint density at radius 1 is 1.16 bits per heavy atom. The second-order valence-corrected chi connectivity index (χ2v) is 5.80. The second kappa shape index (κ2) is 7.74. The van der Waals surface area contributed by atoms with Gasteiger partial charge in [-0.05, 0) is 19.1 Å². The lowest BCUT2D eigenvalue weighted by Crippen LogP contribution is -2.50. The van der Waals surface area contributed by atoms with Crippen molar-refractivity contribution in [3.63, 3.8) is 0 Å². The highest BCUT2D eigenvalue weighted by Crippen LogP contribution is 2.15. The highest BCUT2D eigenvalue weighted by molar-refractivity contribution is 5.94. The zero-order valence-corrected chi connectivity index (χ0v) is 14.1. The lowest BCUT2D eigenvalue weighted by Gasteiger charge is -2.35. The normalized spacial score (nSPS) is 14.3. The van der Waals surface area contributed by atoms with Crippen LogP contribution in [0.4, 0.5) is 5.82 Å². The van der Waals surface area contributed by atoms with Crippen LogP contribution < -0.4 is 9.64 Å². The van der Waals surface area contributed by atoms with Gasteiger partial charge in [-0.15, -0.1) is 0 Å². The van der Waals surface area contributed by atoms with Crippen LogP contribution in [0, 0.1) is 0 Å². The highest BCUT2D eigenvalue weighted by Gasteiger charge is 2.22. The predicted molar refractivity (Wildman–Crippen MR) is 92.8 cm³/mol. The minimum atomic E-state index is -0.0629. The summed E-state index contributed by atoms with van der Waals surface area (Å²) in [6.45, 7) is 4.13. The Kier molecular flexibility index (Phi) is 5.23. The van der Waals surface area contributed by atoms with E-state index in [0.29, 0.717) is 37.5 Å². The summed E-state index contributed by atoms with van der Waals surface area (Å²) in [4.78, 5) is 35.9. The fraction of sp³-hybridized carbons (Fsp3) is 0.333. The summed E-state index contributed by atoms with van der Waals surface area (Å²) < 4.78 is 5.54. The van der Waals surface area contributed by atoms with E-state index in [9.17, 15) is 9.59 Å². The number of amides is 1. The Labute approximate surface area is 146 Å². The van der Waals surface area contributed by atoms with Crippen LogP contribution in [0.1, 0.15) is 17.3 Å². The van der Waals surface area contributed by atoms with Gasteiger partial charge in [-0.2, -0.15) is 0 Å². The molecule has 0 N–H and O–H groups in total. The molecule has 1 saturated heterocycles. The molecule has 0 radical (unpaired) electrons. The number of ketones is 1. The summed E-state index contributed by atoms with van der Waals surface area (Å²) in [5, 5.41) is 0. The molecular weight excluding hydrogens is 320 g/mol. The molecule has 7 nitrogen and oxygen atoms in total. The average Bonchev–Trinajstić information content (AvgIpc) is 2.67. The fourth-order valence-electron chi connectivity index (χ4n) is 2.68. The number of anilines is 1. The minimum Gasteiger partial charge on any atom is -0.484 e. The summed E-state index contributed by atoms with van der Waals surface area (Å²) in [6, 6.07) is 6.87. The van der Waals surface area contributed by atoms with Gasteiger partial charge in [0.25, 0.3) is 5.91 Å². The molecule has 0 aliphatic carbocycles. The Morgan fingerprint density at radius 2 is 1.96 bits per heavy atom.